The van der Waals surface area contributed by atoms with E-state index in [1.165, 1.54) is 44.8 Å². The molecule has 2 atom stereocenters. The average Bonchev–Trinajstić information content (AvgIpc) is 2.61. The molecule has 0 amide bonds. The minimum Gasteiger partial charge on any atom is -0.357 e. The molecule has 2 heteroatoms. The Kier molecular flexibility index (Phi) is 5.17. The summed E-state index contributed by atoms with van der Waals surface area (Å²) in [5.74, 6) is 2.81. The third-order valence-corrected chi connectivity index (χ3v) is 3.83. The molecule has 2 unspecified atom stereocenters. The molecule has 0 aromatic carbocycles. The van der Waals surface area contributed by atoms with Crippen molar-refractivity contribution in [3.63, 3.8) is 0 Å². The molecule has 0 N–H and O–H groups in total. The monoisotopic (exact) mass is 224 g/mol. The summed E-state index contributed by atoms with van der Waals surface area (Å²) in [5, 5.41) is 0. The molecule has 0 saturated carbocycles. The molecule has 2 nitrogen and oxygen atoms in total. The van der Waals surface area contributed by atoms with Crippen molar-refractivity contribution in [2.45, 2.75) is 40.5 Å². The molecular weight excluding hydrogens is 196 g/mol. The predicted molar refractivity (Wildman–Crippen MR) is 71.2 cm³/mol. The van der Waals surface area contributed by atoms with Crippen LogP contribution in [-0.2, 0) is 0 Å². The van der Waals surface area contributed by atoms with E-state index in [0.717, 1.165) is 11.8 Å². The molecule has 1 rings (SSSR count). The van der Waals surface area contributed by atoms with Crippen LogP contribution in [0.1, 0.15) is 40.5 Å². The van der Waals surface area contributed by atoms with Gasteiger partial charge in [-0.15, -0.1) is 0 Å². The van der Waals surface area contributed by atoms with Gasteiger partial charge in [0.05, 0.1) is 5.82 Å². The van der Waals surface area contributed by atoms with Crippen molar-refractivity contribution < 1.29 is 0 Å². The van der Waals surface area contributed by atoms with E-state index < -0.39 is 0 Å². The normalized spacial score (nSPS) is 20.4. The quantitative estimate of drug-likeness (QED) is 0.684. The molecule has 1 heterocycles. The highest BCUT2D eigenvalue weighted by Gasteiger charge is 2.24. The standard InChI is InChI=1S/C14H28N2/c1-6-12(3)10-15-8-9-16(14(15)5)11-13(4)7-2/h12-13H,5-11H2,1-4H3. The second kappa shape index (κ2) is 6.17. The van der Waals surface area contributed by atoms with Gasteiger partial charge in [-0.3, -0.25) is 0 Å². The summed E-state index contributed by atoms with van der Waals surface area (Å²) < 4.78 is 0. The van der Waals surface area contributed by atoms with Gasteiger partial charge in [-0.2, -0.15) is 0 Å². The lowest BCUT2D eigenvalue weighted by Gasteiger charge is -2.27. The maximum absolute atomic E-state index is 4.24. The van der Waals surface area contributed by atoms with Crippen LogP contribution in [0.4, 0.5) is 0 Å². The molecule has 16 heavy (non-hydrogen) atoms. The van der Waals surface area contributed by atoms with Gasteiger partial charge in [0.2, 0.25) is 0 Å². The second-order valence-corrected chi connectivity index (χ2v) is 5.34. The fraction of sp³-hybridized carbons (Fsp3) is 0.857. The van der Waals surface area contributed by atoms with Gasteiger partial charge in [0.15, 0.2) is 0 Å². The molecule has 0 spiro atoms. The van der Waals surface area contributed by atoms with E-state index in [0.29, 0.717) is 0 Å². The number of hydrogen-bond donors (Lipinski definition) is 0. The van der Waals surface area contributed by atoms with E-state index >= 15 is 0 Å². The zero-order valence-corrected chi connectivity index (χ0v) is 11.5. The van der Waals surface area contributed by atoms with E-state index in [2.05, 4.69) is 44.1 Å². The summed E-state index contributed by atoms with van der Waals surface area (Å²) in [6.45, 7) is 18.1. The van der Waals surface area contributed by atoms with Crippen molar-refractivity contribution in [2.24, 2.45) is 11.8 Å². The van der Waals surface area contributed by atoms with E-state index in [1.54, 1.807) is 0 Å². The molecule has 0 radical (unpaired) electrons. The summed E-state index contributed by atoms with van der Waals surface area (Å²) in [5.41, 5.74) is 0. The number of rotatable bonds is 6. The Morgan fingerprint density at radius 1 is 1.00 bits per heavy atom. The minimum absolute atomic E-state index is 0.778. The highest BCUT2D eigenvalue weighted by molar-refractivity contribution is 5.00. The van der Waals surface area contributed by atoms with Crippen LogP contribution < -0.4 is 0 Å². The van der Waals surface area contributed by atoms with Crippen LogP contribution in [0.5, 0.6) is 0 Å². The summed E-state index contributed by atoms with van der Waals surface area (Å²) in [4.78, 5) is 4.91. The van der Waals surface area contributed by atoms with Crippen LogP contribution in [0, 0.1) is 11.8 Å². The van der Waals surface area contributed by atoms with Gasteiger partial charge in [0, 0.05) is 26.2 Å². The van der Waals surface area contributed by atoms with Crippen LogP contribution in [0.2, 0.25) is 0 Å². The lowest BCUT2D eigenvalue weighted by Crippen LogP contribution is -2.28. The van der Waals surface area contributed by atoms with Gasteiger partial charge in [-0.1, -0.05) is 47.1 Å². The molecule has 1 aliphatic heterocycles. The molecule has 1 fully saturated rings. The number of nitrogens with zero attached hydrogens (tertiary/aromatic N) is 2. The van der Waals surface area contributed by atoms with Crippen molar-refractivity contribution in [2.75, 3.05) is 26.2 Å². The van der Waals surface area contributed by atoms with Gasteiger partial charge in [-0.05, 0) is 11.8 Å². The van der Waals surface area contributed by atoms with Gasteiger partial charge in [0.25, 0.3) is 0 Å². The van der Waals surface area contributed by atoms with E-state index in [1.807, 2.05) is 0 Å². The lowest BCUT2D eigenvalue weighted by atomic mass is 10.1. The van der Waals surface area contributed by atoms with E-state index in [9.17, 15) is 0 Å². The fourth-order valence-corrected chi connectivity index (χ4v) is 2.10. The Morgan fingerprint density at radius 3 is 1.69 bits per heavy atom. The van der Waals surface area contributed by atoms with Gasteiger partial charge in [0.1, 0.15) is 0 Å². The van der Waals surface area contributed by atoms with Crippen LogP contribution in [0.25, 0.3) is 0 Å². The zero-order chi connectivity index (χ0) is 12.1. The molecule has 0 aliphatic carbocycles. The van der Waals surface area contributed by atoms with Gasteiger partial charge >= 0.3 is 0 Å². The Labute approximate surface area is 101 Å². The predicted octanol–water partition coefficient (Wildman–Crippen LogP) is 3.17. The molecule has 1 saturated heterocycles. The Morgan fingerprint density at radius 2 is 1.38 bits per heavy atom. The Hall–Kier alpha value is -0.660. The third-order valence-electron chi connectivity index (χ3n) is 3.83. The molecule has 0 aromatic rings. The van der Waals surface area contributed by atoms with Crippen molar-refractivity contribution >= 4 is 0 Å². The summed E-state index contributed by atoms with van der Waals surface area (Å²) in [7, 11) is 0. The minimum atomic E-state index is 0.778. The lowest BCUT2D eigenvalue weighted by molar-refractivity contribution is 0.279. The first-order chi connectivity index (χ1) is 7.58. The first-order valence-corrected chi connectivity index (χ1v) is 6.77. The molecule has 0 bridgehead atoms. The smallest absolute Gasteiger partial charge is 0.0966 e. The maximum Gasteiger partial charge on any atom is 0.0966 e. The molecule has 94 valence electrons. The third kappa shape index (κ3) is 3.43. The van der Waals surface area contributed by atoms with Crippen molar-refractivity contribution in [3.8, 4) is 0 Å². The van der Waals surface area contributed by atoms with E-state index in [4.69, 9.17) is 0 Å². The summed E-state index contributed by atoms with van der Waals surface area (Å²) in [6, 6.07) is 0. The SMILES string of the molecule is C=C1N(CC(C)CC)CCN1CC(C)CC. The van der Waals surface area contributed by atoms with Crippen LogP contribution in [0.3, 0.4) is 0 Å². The average molecular weight is 224 g/mol. The Bertz CT molecular complexity index is 203. The van der Waals surface area contributed by atoms with Crippen molar-refractivity contribution in [1.82, 2.24) is 9.80 Å². The Balaban J connectivity index is 2.41. The van der Waals surface area contributed by atoms with Crippen molar-refractivity contribution in [3.05, 3.63) is 12.4 Å². The van der Waals surface area contributed by atoms with Crippen LogP contribution in [-0.4, -0.2) is 36.0 Å². The summed E-state index contributed by atoms with van der Waals surface area (Å²) >= 11 is 0. The first kappa shape index (κ1) is 13.4. The molecule has 0 aromatic heterocycles. The van der Waals surface area contributed by atoms with Crippen molar-refractivity contribution in [1.29, 1.82) is 0 Å². The van der Waals surface area contributed by atoms with Gasteiger partial charge in [-0.25, -0.2) is 0 Å². The number of hydrogen-bond acceptors (Lipinski definition) is 2. The summed E-state index contributed by atoms with van der Waals surface area (Å²) in [6.07, 6.45) is 2.52. The van der Waals surface area contributed by atoms with E-state index in [-0.39, 0.29) is 0 Å². The second-order valence-electron chi connectivity index (χ2n) is 5.34. The highest BCUT2D eigenvalue weighted by Crippen LogP contribution is 2.20. The molecule has 1 aliphatic rings. The van der Waals surface area contributed by atoms with Gasteiger partial charge < -0.3 is 9.80 Å². The topological polar surface area (TPSA) is 6.48 Å². The fourth-order valence-electron chi connectivity index (χ4n) is 2.10. The zero-order valence-electron chi connectivity index (χ0n) is 11.5. The molecular formula is C14H28N2. The largest absolute Gasteiger partial charge is 0.357 e. The van der Waals surface area contributed by atoms with Crippen LogP contribution >= 0.6 is 0 Å². The van der Waals surface area contributed by atoms with Crippen LogP contribution in [0.15, 0.2) is 12.4 Å². The highest BCUT2D eigenvalue weighted by atomic mass is 15.4. The maximum atomic E-state index is 4.24. The first-order valence-electron chi connectivity index (χ1n) is 6.77.